The fraction of sp³-hybridized carbons (Fsp3) is 0.429. The molecule has 1 aliphatic heterocycles. The summed E-state index contributed by atoms with van der Waals surface area (Å²) in [5.74, 6) is 0.453. The first-order valence-corrected chi connectivity index (χ1v) is 9.77. The van der Waals surface area contributed by atoms with Gasteiger partial charge in [-0.25, -0.2) is 9.97 Å². The number of hydrogen-bond acceptors (Lipinski definition) is 6. The highest BCUT2D eigenvalue weighted by molar-refractivity contribution is 5.98. The SMILES string of the molecule is COc1cccnc1C(=O)NCc1cc2c(nc1OC)CN(C1CCCC1)C2=O. The van der Waals surface area contributed by atoms with E-state index in [0.29, 0.717) is 35.3 Å². The summed E-state index contributed by atoms with van der Waals surface area (Å²) in [7, 11) is 3.02. The molecule has 8 nitrogen and oxygen atoms in total. The van der Waals surface area contributed by atoms with Crippen LogP contribution in [0.4, 0.5) is 0 Å². The first-order chi connectivity index (χ1) is 14.1. The smallest absolute Gasteiger partial charge is 0.274 e. The van der Waals surface area contributed by atoms with Gasteiger partial charge in [0.1, 0.15) is 5.75 Å². The lowest BCUT2D eigenvalue weighted by Gasteiger charge is -2.22. The Hall–Kier alpha value is -3.16. The fourth-order valence-corrected chi connectivity index (χ4v) is 4.07. The minimum absolute atomic E-state index is 0.0148. The molecule has 0 bridgehead atoms. The van der Waals surface area contributed by atoms with Gasteiger partial charge in [-0.2, -0.15) is 0 Å². The van der Waals surface area contributed by atoms with Crippen LogP contribution < -0.4 is 14.8 Å². The molecule has 2 amide bonds. The molecule has 0 saturated heterocycles. The van der Waals surface area contributed by atoms with Gasteiger partial charge in [0.2, 0.25) is 5.88 Å². The molecule has 2 aliphatic rings. The molecule has 0 atom stereocenters. The number of methoxy groups -OCH3 is 2. The summed E-state index contributed by atoms with van der Waals surface area (Å²) in [6.45, 7) is 0.686. The summed E-state index contributed by atoms with van der Waals surface area (Å²) < 4.78 is 10.6. The Labute approximate surface area is 169 Å². The summed E-state index contributed by atoms with van der Waals surface area (Å²) in [4.78, 5) is 36.0. The van der Waals surface area contributed by atoms with Crippen molar-refractivity contribution in [3.63, 3.8) is 0 Å². The average molecular weight is 396 g/mol. The third kappa shape index (κ3) is 3.62. The third-order valence-corrected chi connectivity index (χ3v) is 5.56. The van der Waals surface area contributed by atoms with Crippen LogP contribution in [-0.2, 0) is 13.1 Å². The molecule has 8 heteroatoms. The Kier molecular flexibility index (Phi) is 5.33. The number of aromatic nitrogens is 2. The Morgan fingerprint density at radius 1 is 1.28 bits per heavy atom. The monoisotopic (exact) mass is 396 g/mol. The van der Waals surface area contributed by atoms with E-state index < -0.39 is 0 Å². The molecule has 0 spiro atoms. The molecule has 1 fully saturated rings. The summed E-state index contributed by atoms with van der Waals surface area (Å²) in [5, 5.41) is 2.81. The van der Waals surface area contributed by atoms with E-state index in [9.17, 15) is 9.59 Å². The zero-order valence-corrected chi connectivity index (χ0v) is 16.6. The van der Waals surface area contributed by atoms with Crippen LogP contribution in [0.5, 0.6) is 11.6 Å². The largest absolute Gasteiger partial charge is 0.494 e. The van der Waals surface area contributed by atoms with Gasteiger partial charge in [-0.3, -0.25) is 9.59 Å². The van der Waals surface area contributed by atoms with Crippen LogP contribution in [0.1, 0.15) is 57.8 Å². The van der Waals surface area contributed by atoms with Gasteiger partial charge < -0.3 is 19.7 Å². The molecule has 1 N–H and O–H groups in total. The first kappa shape index (κ1) is 19.2. The number of nitrogens with zero attached hydrogens (tertiary/aromatic N) is 3. The Morgan fingerprint density at radius 2 is 2.07 bits per heavy atom. The van der Waals surface area contributed by atoms with Crippen LogP contribution in [0.25, 0.3) is 0 Å². The van der Waals surface area contributed by atoms with E-state index in [1.54, 1.807) is 18.2 Å². The van der Waals surface area contributed by atoms with Crippen LogP contribution in [0.15, 0.2) is 24.4 Å². The topological polar surface area (TPSA) is 93.7 Å². The molecule has 0 radical (unpaired) electrons. The van der Waals surface area contributed by atoms with E-state index in [2.05, 4.69) is 15.3 Å². The molecule has 0 unspecified atom stereocenters. The van der Waals surface area contributed by atoms with Crippen molar-refractivity contribution in [1.29, 1.82) is 0 Å². The quantitative estimate of drug-likeness (QED) is 0.805. The Balaban J connectivity index is 1.53. The van der Waals surface area contributed by atoms with Crippen molar-refractivity contribution in [2.75, 3.05) is 14.2 Å². The normalized spacial score (nSPS) is 16.1. The fourth-order valence-electron chi connectivity index (χ4n) is 4.07. The maximum Gasteiger partial charge on any atom is 0.274 e. The number of nitrogens with one attached hydrogen (secondary N) is 1. The number of hydrogen-bond donors (Lipinski definition) is 1. The zero-order valence-electron chi connectivity index (χ0n) is 16.6. The number of fused-ring (bicyclic) bond motifs is 1. The Morgan fingerprint density at radius 3 is 2.79 bits per heavy atom. The van der Waals surface area contributed by atoms with Crippen molar-refractivity contribution in [2.24, 2.45) is 0 Å². The number of amides is 2. The lowest BCUT2D eigenvalue weighted by Crippen LogP contribution is -2.33. The van der Waals surface area contributed by atoms with Gasteiger partial charge >= 0.3 is 0 Å². The Bertz CT molecular complexity index is 940. The number of rotatable bonds is 6. The van der Waals surface area contributed by atoms with Crippen LogP contribution in [-0.4, -0.2) is 46.9 Å². The van der Waals surface area contributed by atoms with E-state index in [0.717, 1.165) is 31.4 Å². The van der Waals surface area contributed by atoms with E-state index in [-0.39, 0.29) is 24.1 Å². The number of carbonyl (C=O) groups excluding carboxylic acids is 2. The van der Waals surface area contributed by atoms with Gasteiger partial charge in [-0.05, 0) is 31.0 Å². The summed E-state index contributed by atoms with van der Waals surface area (Å²) in [5.41, 5.74) is 2.18. The molecule has 152 valence electrons. The van der Waals surface area contributed by atoms with Crippen molar-refractivity contribution in [3.8, 4) is 11.6 Å². The molecular formula is C21H24N4O4. The molecule has 0 aromatic carbocycles. The van der Waals surface area contributed by atoms with E-state index >= 15 is 0 Å². The highest BCUT2D eigenvalue weighted by atomic mass is 16.5. The summed E-state index contributed by atoms with van der Waals surface area (Å²) in [6.07, 6.45) is 5.95. The van der Waals surface area contributed by atoms with Crippen LogP contribution in [0.3, 0.4) is 0 Å². The molecule has 1 aliphatic carbocycles. The maximum atomic E-state index is 12.9. The first-order valence-electron chi connectivity index (χ1n) is 9.77. The summed E-state index contributed by atoms with van der Waals surface area (Å²) in [6, 6.07) is 5.46. The standard InChI is InChI=1S/C21H24N4O4/c1-28-17-8-5-9-22-18(17)19(26)23-11-13-10-15-16(24-20(13)29-2)12-25(21(15)27)14-6-3-4-7-14/h5,8-10,14H,3-4,6-7,11-12H2,1-2H3,(H,23,26). The molecule has 2 aromatic heterocycles. The molecular weight excluding hydrogens is 372 g/mol. The average Bonchev–Trinajstić information content (AvgIpc) is 3.39. The minimum Gasteiger partial charge on any atom is -0.494 e. The van der Waals surface area contributed by atoms with Crippen molar-refractivity contribution in [3.05, 3.63) is 46.9 Å². The highest BCUT2D eigenvalue weighted by Gasteiger charge is 2.36. The molecule has 1 saturated carbocycles. The summed E-state index contributed by atoms with van der Waals surface area (Å²) >= 11 is 0. The van der Waals surface area contributed by atoms with Crippen LogP contribution in [0.2, 0.25) is 0 Å². The predicted molar refractivity (Wildman–Crippen MR) is 105 cm³/mol. The maximum absolute atomic E-state index is 12.9. The third-order valence-electron chi connectivity index (χ3n) is 5.56. The number of ether oxygens (including phenoxy) is 2. The van der Waals surface area contributed by atoms with Crippen LogP contribution >= 0.6 is 0 Å². The predicted octanol–water partition coefficient (Wildman–Crippen LogP) is 2.32. The molecule has 3 heterocycles. The van der Waals surface area contributed by atoms with Crippen molar-refractivity contribution < 1.29 is 19.1 Å². The van der Waals surface area contributed by atoms with E-state index in [4.69, 9.17) is 9.47 Å². The minimum atomic E-state index is -0.371. The number of carbonyl (C=O) groups is 2. The van der Waals surface area contributed by atoms with E-state index in [1.807, 2.05) is 4.90 Å². The van der Waals surface area contributed by atoms with Crippen LogP contribution in [0, 0.1) is 0 Å². The lowest BCUT2D eigenvalue weighted by molar-refractivity contribution is 0.0706. The second-order valence-electron chi connectivity index (χ2n) is 7.26. The van der Waals surface area contributed by atoms with Gasteiger partial charge in [0.25, 0.3) is 11.8 Å². The second-order valence-corrected chi connectivity index (χ2v) is 7.26. The van der Waals surface area contributed by atoms with Crippen molar-refractivity contribution in [1.82, 2.24) is 20.2 Å². The highest BCUT2D eigenvalue weighted by Crippen LogP contribution is 2.33. The molecule has 2 aromatic rings. The second kappa shape index (κ2) is 8.06. The van der Waals surface area contributed by atoms with Gasteiger partial charge in [-0.1, -0.05) is 12.8 Å². The van der Waals surface area contributed by atoms with Crippen molar-refractivity contribution in [2.45, 2.75) is 44.8 Å². The van der Waals surface area contributed by atoms with Gasteiger partial charge in [0, 0.05) is 24.3 Å². The zero-order chi connectivity index (χ0) is 20.4. The molecule has 4 rings (SSSR count). The number of pyridine rings is 2. The lowest BCUT2D eigenvalue weighted by atomic mass is 10.1. The molecule has 29 heavy (non-hydrogen) atoms. The van der Waals surface area contributed by atoms with Gasteiger partial charge in [0.15, 0.2) is 5.69 Å². The van der Waals surface area contributed by atoms with Gasteiger partial charge in [-0.15, -0.1) is 0 Å². The van der Waals surface area contributed by atoms with Crippen molar-refractivity contribution >= 4 is 11.8 Å². The van der Waals surface area contributed by atoms with Gasteiger partial charge in [0.05, 0.1) is 32.0 Å². The van der Waals surface area contributed by atoms with E-state index in [1.165, 1.54) is 20.4 Å².